The first kappa shape index (κ1) is 14.6. The summed E-state index contributed by atoms with van der Waals surface area (Å²) in [5.41, 5.74) is 3.00. The van der Waals surface area contributed by atoms with Crippen LogP contribution in [0.2, 0.25) is 5.02 Å². The third kappa shape index (κ3) is 2.68. The molecule has 0 atom stereocenters. The topological polar surface area (TPSA) is 63.8 Å². The minimum absolute atomic E-state index is 0.0432. The van der Waals surface area contributed by atoms with Crippen LogP contribution in [0.4, 0.5) is 15.9 Å². The number of benzene rings is 2. The number of halogens is 2. The first-order valence-corrected chi connectivity index (χ1v) is 7.44. The van der Waals surface area contributed by atoms with E-state index in [9.17, 15) is 4.39 Å². The molecule has 7 heteroatoms. The highest BCUT2D eigenvalue weighted by Gasteiger charge is 2.09. The predicted molar refractivity (Wildman–Crippen MR) is 89.7 cm³/mol. The SMILES string of the molecule is Fc1ccc(Nc2ncnc3ccc(-c4cocn4)cc23)cc1Cl. The van der Waals surface area contributed by atoms with Crippen molar-refractivity contribution in [1.29, 1.82) is 0 Å². The minimum Gasteiger partial charge on any atom is -0.451 e. The third-order valence-electron chi connectivity index (χ3n) is 3.55. The van der Waals surface area contributed by atoms with Gasteiger partial charge < -0.3 is 9.73 Å². The van der Waals surface area contributed by atoms with Crippen molar-refractivity contribution < 1.29 is 8.81 Å². The summed E-state index contributed by atoms with van der Waals surface area (Å²) < 4.78 is 18.3. The molecule has 0 fully saturated rings. The van der Waals surface area contributed by atoms with Crippen LogP contribution in [0.15, 0.2) is 59.8 Å². The lowest BCUT2D eigenvalue weighted by atomic mass is 10.1. The highest BCUT2D eigenvalue weighted by molar-refractivity contribution is 6.31. The Kier molecular flexibility index (Phi) is 3.59. The van der Waals surface area contributed by atoms with Crippen LogP contribution >= 0.6 is 11.6 Å². The van der Waals surface area contributed by atoms with Crippen molar-refractivity contribution >= 4 is 34.0 Å². The fraction of sp³-hybridized carbons (Fsp3) is 0. The summed E-state index contributed by atoms with van der Waals surface area (Å²) >= 11 is 5.82. The highest BCUT2D eigenvalue weighted by atomic mass is 35.5. The van der Waals surface area contributed by atoms with Gasteiger partial charge in [-0.2, -0.15) is 0 Å². The van der Waals surface area contributed by atoms with E-state index in [4.69, 9.17) is 16.0 Å². The predicted octanol–water partition coefficient (Wildman–Crippen LogP) is 4.82. The first-order chi connectivity index (χ1) is 11.7. The molecule has 5 nitrogen and oxygen atoms in total. The Labute approximate surface area is 141 Å². The second-order valence-electron chi connectivity index (χ2n) is 5.08. The lowest BCUT2D eigenvalue weighted by molar-refractivity contribution is 0.558. The molecule has 0 saturated carbocycles. The molecule has 2 heterocycles. The Morgan fingerprint density at radius 2 is 1.96 bits per heavy atom. The third-order valence-corrected chi connectivity index (χ3v) is 3.84. The quantitative estimate of drug-likeness (QED) is 0.579. The van der Waals surface area contributed by atoms with Crippen molar-refractivity contribution in [2.24, 2.45) is 0 Å². The van der Waals surface area contributed by atoms with E-state index < -0.39 is 5.82 Å². The minimum atomic E-state index is -0.469. The molecule has 24 heavy (non-hydrogen) atoms. The van der Waals surface area contributed by atoms with Crippen LogP contribution in [0, 0.1) is 5.82 Å². The summed E-state index contributed by atoms with van der Waals surface area (Å²) in [5, 5.41) is 3.99. The molecule has 0 aliphatic heterocycles. The van der Waals surface area contributed by atoms with Crippen molar-refractivity contribution in [3.8, 4) is 11.3 Å². The Morgan fingerprint density at radius 1 is 1.04 bits per heavy atom. The van der Waals surface area contributed by atoms with E-state index in [1.165, 1.54) is 24.9 Å². The lowest BCUT2D eigenvalue weighted by Gasteiger charge is -2.09. The number of anilines is 2. The van der Waals surface area contributed by atoms with Gasteiger partial charge in [0.1, 0.15) is 29.9 Å². The van der Waals surface area contributed by atoms with Crippen molar-refractivity contribution in [1.82, 2.24) is 15.0 Å². The molecule has 0 spiro atoms. The Hall–Kier alpha value is -2.99. The van der Waals surface area contributed by atoms with Crippen LogP contribution in [0.25, 0.3) is 22.2 Å². The molecule has 2 aromatic heterocycles. The van der Waals surface area contributed by atoms with Crippen LogP contribution in [0.1, 0.15) is 0 Å². The van der Waals surface area contributed by atoms with Crippen LogP contribution < -0.4 is 5.32 Å². The largest absolute Gasteiger partial charge is 0.451 e. The number of oxazole rings is 1. The maximum atomic E-state index is 13.3. The van der Waals surface area contributed by atoms with Gasteiger partial charge in [0.2, 0.25) is 0 Å². The summed E-state index contributed by atoms with van der Waals surface area (Å²) in [7, 11) is 0. The van der Waals surface area contributed by atoms with Gasteiger partial charge in [-0.3, -0.25) is 0 Å². The van der Waals surface area contributed by atoms with E-state index in [0.717, 1.165) is 22.2 Å². The zero-order chi connectivity index (χ0) is 16.5. The van der Waals surface area contributed by atoms with Gasteiger partial charge in [0.25, 0.3) is 0 Å². The van der Waals surface area contributed by atoms with Gasteiger partial charge in [0.15, 0.2) is 6.39 Å². The number of fused-ring (bicyclic) bond motifs is 1. The van der Waals surface area contributed by atoms with E-state index in [1.807, 2.05) is 18.2 Å². The summed E-state index contributed by atoms with van der Waals surface area (Å²) in [4.78, 5) is 12.7. The summed E-state index contributed by atoms with van der Waals surface area (Å²) in [5.74, 6) is 0.121. The van der Waals surface area contributed by atoms with E-state index in [1.54, 1.807) is 12.3 Å². The molecule has 0 aliphatic carbocycles. The monoisotopic (exact) mass is 340 g/mol. The van der Waals surface area contributed by atoms with Gasteiger partial charge in [-0.05, 0) is 30.3 Å². The molecule has 118 valence electrons. The molecule has 0 radical (unpaired) electrons. The molecule has 0 unspecified atom stereocenters. The van der Waals surface area contributed by atoms with E-state index in [0.29, 0.717) is 11.5 Å². The van der Waals surface area contributed by atoms with Gasteiger partial charge >= 0.3 is 0 Å². The van der Waals surface area contributed by atoms with Gasteiger partial charge in [-0.15, -0.1) is 0 Å². The Bertz CT molecular complexity index is 1020. The van der Waals surface area contributed by atoms with E-state index in [2.05, 4.69) is 20.3 Å². The number of aromatic nitrogens is 3. The molecule has 2 aromatic carbocycles. The van der Waals surface area contributed by atoms with Crippen molar-refractivity contribution in [3.05, 3.63) is 66.2 Å². The summed E-state index contributed by atoms with van der Waals surface area (Å²) in [6, 6.07) is 10.1. The van der Waals surface area contributed by atoms with Gasteiger partial charge in [-0.1, -0.05) is 17.7 Å². The molecule has 0 saturated heterocycles. The second-order valence-corrected chi connectivity index (χ2v) is 5.49. The van der Waals surface area contributed by atoms with Crippen LogP contribution in [-0.2, 0) is 0 Å². The standard InChI is InChI=1S/C17H10ClFN4O/c18-13-6-11(2-3-14(13)19)23-17-12-5-10(16-7-24-9-22-16)1-4-15(12)20-8-21-17/h1-9H,(H,20,21,23). The number of hydrogen-bond donors (Lipinski definition) is 1. The van der Waals surface area contributed by atoms with Crippen LogP contribution in [-0.4, -0.2) is 15.0 Å². The maximum Gasteiger partial charge on any atom is 0.181 e. The number of hydrogen-bond acceptors (Lipinski definition) is 5. The molecule has 4 aromatic rings. The number of rotatable bonds is 3. The molecule has 4 rings (SSSR count). The van der Waals surface area contributed by atoms with Crippen LogP contribution in [0.3, 0.4) is 0 Å². The molecule has 1 N–H and O–H groups in total. The first-order valence-electron chi connectivity index (χ1n) is 7.06. The normalized spacial score (nSPS) is 10.9. The zero-order valence-corrected chi connectivity index (χ0v) is 13.0. The Morgan fingerprint density at radius 3 is 2.75 bits per heavy atom. The summed E-state index contributed by atoms with van der Waals surface area (Å²) in [6.45, 7) is 0. The molecule has 0 bridgehead atoms. The number of nitrogens with zero attached hydrogens (tertiary/aromatic N) is 3. The van der Waals surface area contributed by atoms with Gasteiger partial charge in [0, 0.05) is 16.6 Å². The second kappa shape index (κ2) is 5.90. The number of nitrogens with one attached hydrogen (secondary N) is 1. The maximum absolute atomic E-state index is 13.3. The smallest absolute Gasteiger partial charge is 0.181 e. The van der Waals surface area contributed by atoms with E-state index in [-0.39, 0.29) is 5.02 Å². The molecular formula is C17H10ClFN4O. The van der Waals surface area contributed by atoms with Gasteiger partial charge in [-0.25, -0.2) is 19.3 Å². The highest BCUT2D eigenvalue weighted by Crippen LogP contribution is 2.29. The Balaban J connectivity index is 1.79. The van der Waals surface area contributed by atoms with Crippen molar-refractivity contribution in [2.45, 2.75) is 0 Å². The lowest BCUT2D eigenvalue weighted by Crippen LogP contribution is -1.96. The fourth-order valence-corrected chi connectivity index (χ4v) is 2.56. The van der Waals surface area contributed by atoms with Crippen molar-refractivity contribution in [3.63, 3.8) is 0 Å². The fourth-order valence-electron chi connectivity index (χ4n) is 2.38. The summed E-state index contributed by atoms with van der Waals surface area (Å²) in [6.07, 6.45) is 4.41. The molecule has 0 aliphatic rings. The molecule has 0 amide bonds. The van der Waals surface area contributed by atoms with Crippen molar-refractivity contribution in [2.75, 3.05) is 5.32 Å². The van der Waals surface area contributed by atoms with Gasteiger partial charge in [0.05, 0.1) is 10.5 Å². The van der Waals surface area contributed by atoms with Crippen LogP contribution in [0.5, 0.6) is 0 Å². The average Bonchev–Trinajstić information content (AvgIpc) is 3.13. The molecular weight excluding hydrogens is 331 g/mol. The average molecular weight is 341 g/mol. The van der Waals surface area contributed by atoms with E-state index >= 15 is 0 Å². The zero-order valence-electron chi connectivity index (χ0n) is 12.2.